The smallest absolute Gasteiger partial charge is 0.134 e. The number of rotatable bonds is 3. The van der Waals surface area contributed by atoms with Crippen molar-refractivity contribution in [1.82, 2.24) is 5.43 Å². The molecule has 1 saturated carbocycles. The van der Waals surface area contributed by atoms with Crippen LogP contribution in [0.3, 0.4) is 0 Å². The van der Waals surface area contributed by atoms with Gasteiger partial charge in [-0.1, -0.05) is 31.4 Å². The number of furan rings is 1. The number of hydrogen-bond acceptors (Lipinski definition) is 3. The van der Waals surface area contributed by atoms with Crippen LogP contribution in [-0.2, 0) is 0 Å². The molecule has 0 spiro atoms. The molecule has 3 nitrogen and oxygen atoms in total. The van der Waals surface area contributed by atoms with E-state index in [9.17, 15) is 0 Å². The predicted octanol–water partition coefficient (Wildman–Crippen LogP) is 4.42. The lowest BCUT2D eigenvalue weighted by atomic mass is 9.78. The van der Waals surface area contributed by atoms with E-state index in [4.69, 9.17) is 21.9 Å². The van der Waals surface area contributed by atoms with E-state index >= 15 is 0 Å². The molecular formula is C16H21ClN2O. The van der Waals surface area contributed by atoms with Crippen molar-refractivity contribution in [3.8, 4) is 0 Å². The molecule has 1 aliphatic carbocycles. The molecule has 108 valence electrons. The van der Waals surface area contributed by atoms with E-state index in [1.165, 1.54) is 25.7 Å². The Morgan fingerprint density at radius 3 is 2.95 bits per heavy atom. The molecule has 0 amide bonds. The summed E-state index contributed by atoms with van der Waals surface area (Å²) in [5.74, 6) is 8.03. The van der Waals surface area contributed by atoms with E-state index in [-0.39, 0.29) is 6.04 Å². The van der Waals surface area contributed by atoms with Crippen LogP contribution < -0.4 is 11.3 Å². The van der Waals surface area contributed by atoms with Crippen LogP contribution in [-0.4, -0.2) is 0 Å². The first kappa shape index (κ1) is 13.9. The van der Waals surface area contributed by atoms with Crippen molar-refractivity contribution >= 4 is 22.6 Å². The fraction of sp³-hybridized carbons (Fsp3) is 0.500. The molecule has 1 aromatic heterocycles. The highest BCUT2D eigenvalue weighted by Gasteiger charge is 2.29. The minimum atomic E-state index is 0.0870. The summed E-state index contributed by atoms with van der Waals surface area (Å²) in [6.07, 6.45) is 5.00. The minimum Gasteiger partial charge on any atom is -0.459 e. The summed E-state index contributed by atoms with van der Waals surface area (Å²) >= 11 is 6.03. The number of benzene rings is 1. The van der Waals surface area contributed by atoms with Crippen LogP contribution >= 0.6 is 11.6 Å². The van der Waals surface area contributed by atoms with Crippen molar-refractivity contribution in [3.05, 3.63) is 35.0 Å². The van der Waals surface area contributed by atoms with Gasteiger partial charge in [-0.05, 0) is 48.9 Å². The number of hydrogen-bond donors (Lipinski definition) is 2. The van der Waals surface area contributed by atoms with Crippen LogP contribution in [0.25, 0.3) is 11.0 Å². The fourth-order valence-electron chi connectivity index (χ4n) is 3.42. The van der Waals surface area contributed by atoms with E-state index in [0.717, 1.165) is 27.7 Å². The maximum Gasteiger partial charge on any atom is 0.134 e. The Morgan fingerprint density at radius 2 is 2.20 bits per heavy atom. The third kappa shape index (κ3) is 2.71. The Bertz CT molecular complexity index is 595. The standard InChI is InChI=1S/C16H21ClN2O/c1-10-3-2-4-11(7-10)16(19-18)15-9-12-8-13(17)5-6-14(12)20-15/h5-6,8-11,16,19H,2-4,7,18H2,1H3. The number of nitrogens with one attached hydrogen (secondary N) is 1. The zero-order chi connectivity index (χ0) is 14.1. The monoisotopic (exact) mass is 292 g/mol. The highest BCUT2D eigenvalue weighted by atomic mass is 35.5. The van der Waals surface area contributed by atoms with Crippen molar-refractivity contribution < 1.29 is 4.42 Å². The quantitative estimate of drug-likeness (QED) is 0.650. The topological polar surface area (TPSA) is 51.2 Å². The van der Waals surface area contributed by atoms with Crippen LogP contribution in [0.1, 0.15) is 44.4 Å². The lowest BCUT2D eigenvalue weighted by Crippen LogP contribution is -2.35. The van der Waals surface area contributed by atoms with Gasteiger partial charge in [0.05, 0.1) is 6.04 Å². The van der Waals surface area contributed by atoms with Gasteiger partial charge >= 0.3 is 0 Å². The molecule has 0 radical (unpaired) electrons. The summed E-state index contributed by atoms with van der Waals surface area (Å²) in [6, 6.07) is 7.85. The molecule has 1 aliphatic rings. The molecule has 20 heavy (non-hydrogen) atoms. The maximum absolute atomic E-state index is 6.03. The van der Waals surface area contributed by atoms with Crippen LogP contribution in [0.2, 0.25) is 5.02 Å². The van der Waals surface area contributed by atoms with Crippen molar-refractivity contribution in [2.75, 3.05) is 0 Å². The van der Waals surface area contributed by atoms with Crippen LogP contribution in [0, 0.1) is 11.8 Å². The summed E-state index contributed by atoms with van der Waals surface area (Å²) in [5.41, 5.74) is 3.83. The number of hydrazine groups is 1. The lowest BCUT2D eigenvalue weighted by molar-refractivity contribution is 0.208. The van der Waals surface area contributed by atoms with Gasteiger partial charge in [0, 0.05) is 10.4 Å². The molecule has 3 atom stereocenters. The third-order valence-corrected chi connectivity index (χ3v) is 4.67. The second kappa shape index (κ2) is 5.76. The van der Waals surface area contributed by atoms with E-state index in [2.05, 4.69) is 18.4 Å². The van der Waals surface area contributed by atoms with Gasteiger partial charge in [0.25, 0.3) is 0 Å². The van der Waals surface area contributed by atoms with Crippen LogP contribution in [0.5, 0.6) is 0 Å². The van der Waals surface area contributed by atoms with E-state index < -0.39 is 0 Å². The van der Waals surface area contributed by atoms with Gasteiger partial charge in [-0.2, -0.15) is 0 Å². The zero-order valence-electron chi connectivity index (χ0n) is 11.7. The van der Waals surface area contributed by atoms with Crippen molar-refractivity contribution in [2.45, 2.75) is 38.6 Å². The second-order valence-corrected chi connectivity index (χ2v) is 6.44. The molecule has 3 unspecified atom stereocenters. The Balaban J connectivity index is 1.90. The van der Waals surface area contributed by atoms with E-state index in [1.807, 2.05) is 18.2 Å². The molecule has 3 N–H and O–H groups in total. The number of nitrogens with two attached hydrogens (primary N) is 1. The van der Waals surface area contributed by atoms with E-state index in [0.29, 0.717) is 5.92 Å². The van der Waals surface area contributed by atoms with Gasteiger partial charge in [0.15, 0.2) is 0 Å². The van der Waals surface area contributed by atoms with Gasteiger partial charge in [0.2, 0.25) is 0 Å². The van der Waals surface area contributed by atoms with Gasteiger partial charge in [-0.3, -0.25) is 5.84 Å². The summed E-state index contributed by atoms with van der Waals surface area (Å²) in [7, 11) is 0. The largest absolute Gasteiger partial charge is 0.459 e. The summed E-state index contributed by atoms with van der Waals surface area (Å²) in [6.45, 7) is 2.32. The molecule has 1 aromatic carbocycles. The fourth-order valence-corrected chi connectivity index (χ4v) is 3.60. The first-order valence-electron chi connectivity index (χ1n) is 7.32. The van der Waals surface area contributed by atoms with Gasteiger partial charge in [-0.25, -0.2) is 5.43 Å². The Morgan fingerprint density at radius 1 is 1.35 bits per heavy atom. The predicted molar refractivity (Wildman–Crippen MR) is 82.4 cm³/mol. The molecule has 3 rings (SSSR count). The molecule has 1 fully saturated rings. The first-order chi connectivity index (χ1) is 9.67. The first-order valence-corrected chi connectivity index (χ1v) is 7.70. The highest BCUT2D eigenvalue weighted by Crippen LogP contribution is 2.38. The average molecular weight is 293 g/mol. The van der Waals surface area contributed by atoms with Crippen molar-refractivity contribution in [1.29, 1.82) is 0 Å². The van der Waals surface area contributed by atoms with E-state index in [1.54, 1.807) is 0 Å². The highest BCUT2D eigenvalue weighted by molar-refractivity contribution is 6.31. The second-order valence-electron chi connectivity index (χ2n) is 6.01. The van der Waals surface area contributed by atoms with Crippen molar-refractivity contribution in [3.63, 3.8) is 0 Å². The third-order valence-electron chi connectivity index (χ3n) is 4.43. The molecule has 2 aromatic rings. The molecule has 4 heteroatoms. The molecule has 1 heterocycles. The van der Waals surface area contributed by atoms with Gasteiger partial charge in [0.1, 0.15) is 11.3 Å². The van der Waals surface area contributed by atoms with Crippen molar-refractivity contribution in [2.24, 2.45) is 17.7 Å². The van der Waals surface area contributed by atoms with Crippen LogP contribution in [0.4, 0.5) is 0 Å². The Labute approximate surface area is 124 Å². The van der Waals surface area contributed by atoms with Gasteiger partial charge in [-0.15, -0.1) is 0 Å². The zero-order valence-corrected chi connectivity index (χ0v) is 12.5. The minimum absolute atomic E-state index is 0.0870. The molecule has 0 saturated heterocycles. The SMILES string of the molecule is CC1CCCC(C(NN)c2cc3cc(Cl)ccc3o2)C1. The Hall–Kier alpha value is -1.03. The average Bonchev–Trinajstić information content (AvgIpc) is 2.82. The lowest BCUT2D eigenvalue weighted by Gasteiger charge is -2.31. The Kier molecular flexibility index (Phi) is 4.01. The number of halogens is 1. The normalized spacial score (nSPS) is 24.9. The van der Waals surface area contributed by atoms with Gasteiger partial charge < -0.3 is 4.42 Å². The molecular weight excluding hydrogens is 272 g/mol. The molecule has 0 aliphatic heterocycles. The number of fused-ring (bicyclic) bond motifs is 1. The molecule has 0 bridgehead atoms. The van der Waals surface area contributed by atoms with Crippen LogP contribution in [0.15, 0.2) is 28.7 Å². The summed E-state index contributed by atoms with van der Waals surface area (Å²) < 4.78 is 5.96. The summed E-state index contributed by atoms with van der Waals surface area (Å²) in [4.78, 5) is 0. The maximum atomic E-state index is 6.03. The summed E-state index contributed by atoms with van der Waals surface area (Å²) in [5, 5.41) is 1.77.